The lowest BCUT2D eigenvalue weighted by molar-refractivity contribution is -0.144. The lowest BCUT2D eigenvalue weighted by Crippen LogP contribution is -2.53. The topological polar surface area (TPSA) is 134 Å². The van der Waals surface area contributed by atoms with E-state index in [1.54, 1.807) is 36.4 Å². The fourth-order valence-corrected chi connectivity index (χ4v) is 5.91. The van der Waals surface area contributed by atoms with Crippen LogP contribution in [-0.2, 0) is 31.3 Å². The summed E-state index contributed by atoms with van der Waals surface area (Å²) in [5.74, 6) is -3.26. The van der Waals surface area contributed by atoms with Crippen molar-refractivity contribution in [3.63, 3.8) is 0 Å². The largest absolute Gasteiger partial charge is 0.481 e. The van der Waals surface area contributed by atoms with Crippen molar-refractivity contribution in [2.24, 2.45) is 11.8 Å². The molecular formula is C24H20ClN3O7. The van der Waals surface area contributed by atoms with Crippen molar-refractivity contribution in [3.8, 4) is 11.5 Å². The van der Waals surface area contributed by atoms with Gasteiger partial charge >= 0.3 is 5.97 Å². The number of hydrogen-bond acceptors (Lipinski definition) is 7. The predicted octanol–water partition coefficient (Wildman–Crippen LogP) is 1.85. The molecule has 2 fully saturated rings. The van der Waals surface area contributed by atoms with Crippen molar-refractivity contribution in [1.29, 1.82) is 0 Å². The summed E-state index contributed by atoms with van der Waals surface area (Å²) in [5.41, 5.74) is 0.122. The molecule has 1 spiro atoms. The fourth-order valence-electron chi connectivity index (χ4n) is 5.74. The molecule has 4 aliphatic heterocycles. The number of nitrogens with one attached hydrogen (secondary N) is 2. The molecule has 0 radical (unpaired) electrons. The molecule has 0 aromatic heterocycles. The number of imide groups is 1. The van der Waals surface area contributed by atoms with E-state index in [9.17, 15) is 24.3 Å². The van der Waals surface area contributed by atoms with Gasteiger partial charge in [-0.3, -0.25) is 29.4 Å². The lowest BCUT2D eigenvalue weighted by atomic mass is 9.76. The zero-order chi connectivity index (χ0) is 24.5. The minimum atomic E-state index is -1.52. The molecule has 0 aliphatic carbocycles. The first-order valence-electron chi connectivity index (χ1n) is 11.1. The smallest absolute Gasteiger partial charge is 0.303 e. The molecule has 3 amide bonds. The predicted molar refractivity (Wildman–Crippen MR) is 121 cm³/mol. The highest BCUT2D eigenvalue weighted by molar-refractivity contribution is 6.31. The number of carboxylic acids is 1. The molecule has 35 heavy (non-hydrogen) atoms. The van der Waals surface area contributed by atoms with Crippen LogP contribution in [0.5, 0.6) is 11.5 Å². The Morgan fingerprint density at radius 3 is 2.71 bits per heavy atom. The highest BCUT2D eigenvalue weighted by Gasteiger charge is 2.70. The van der Waals surface area contributed by atoms with Gasteiger partial charge in [0.1, 0.15) is 5.54 Å². The Bertz CT molecular complexity index is 1310. The number of carboxylic acid groups (broad SMARTS) is 1. The van der Waals surface area contributed by atoms with E-state index in [-0.39, 0.29) is 26.2 Å². The van der Waals surface area contributed by atoms with Crippen LogP contribution < -0.4 is 20.1 Å². The number of halogens is 1. The Balaban J connectivity index is 1.40. The monoisotopic (exact) mass is 497 g/mol. The fraction of sp³-hybridized carbons (Fsp3) is 0.333. The average Bonchev–Trinajstić information content (AvgIpc) is 3.55. The third-order valence-electron chi connectivity index (χ3n) is 7.22. The molecule has 180 valence electrons. The summed E-state index contributed by atoms with van der Waals surface area (Å²) in [5, 5.41) is 15.6. The molecule has 2 aromatic carbocycles. The van der Waals surface area contributed by atoms with Gasteiger partial charge in [0, 0.05) is 28.7 Å². The zero-order valence-corrected chi connectivity index (χ0v) is 19.0. The van der Waals surface area contributed by atoms with Gasteiger partial charge in [-0.2, -0.15) is 0 Å². The van der Waals surface area contributed by atoms with Gasteiger partial charge < -0.3 is 19.9 Å². The standard InChI is InChI=1S/C24H20ClN3O7/c25-12-2-3-14-13(8-12)24(23(33)26-14)20-19(15(27-24)4-6-18(29)30)21(31)28(22(20)32)9-11-1-5-16-17(7-11)35-10-34-16/h1-3,5,7-8,15,19-20,27H,4,6,9-10H2,(H,26,33)(H,29,30)/t15-,19-,20-,24-/m0/s1. The molecule has 0 bridgehead atoms. The van der Waals surface area contributed by atoms with E-state index in [0.717, 1.165) is 4.90 Å². The first-order valence-corrected chi connectivity index (χ1v) is 11.5. The molecule has 0 unspecified atom stereocenters. The molecule has 6 rings (SSSR count). The average molecular weight is 498 g/mol. The summed E-state index contributed by atoms with van der Waals surface area (Å²) < 4.78 is 10.7. The minimum absolute atomic E-state index is 0.00689. The van der Waals surface area contributed by atoms with Crippen molar-refractivity contribution >= 4 is 41.0 Å². The van der Waals surface area contributed by atoms with E-state index in [1.165, 1.54) is 0 Å². The Labute approximate surface area is 204 Å². The number of carbonyl (C=O) groups is 4. The van der Waals surface area contributed by atoms with E-state index >= 15 is 0 Å². The maximum atomic E-state index is 13.8. The van der Waals surface area contributed by atoms with Crippen LogP contribution in [0.4, 0.5) is 5.69 Å². The number of ether oxygens (including phenoxy) is 2. The SMILES string of the molecule is O=C(O)CC[C@@H]1N[C@]2(C(=O)Nc3ccc(Cl)cc32)[C@@H]2C(=O)N(Cc3ccc4c(c3)OCO4)C(=O)[C@@H]12. The second-order valence-corrected chi connectivity index (χ2v) is 9.53. The molecule has 4 atom stereocenters. The first-order chi connectivity index (χ1) is 16.8. The lowest BCUT2D eigenvalue weighted by Gasteiger charge is -2.29. The van der Waals surface area contributed by atoms with Crippen molar-refractivity contribution in [1.82, 2.24) is 10.2 Å². The molecule has 4 heterocycles. The highest BCUT2D eigenvalue weighted by atomic mass is 35.5. The summed E-state index contributed by atoms with van der Waals surface area (Å²) in [6.45, 7) is 0.0914. The van der Waals surface area contributed by atoms with E-state index in [0.29, 0.717) is 33.3 Å². The van der Waals surface area contributed by atoms with Gasteiger partial charge in [-0.05, 0) is 42.3 Å². The molecule has 3 N–H and O–H groups in total. The van der Waals surface area contributed by atoms with Crippen LogP contribution >= 0.6 is 11.6 Å². The molecule has 4 aliphatic rings. The molecular weight excluding hydrogens is 478 g/mol. The van der Waals surface area contributed by atoms with E-state index in [2.05, 4.69) is 10.6 Å². The number of amides is 3. The Kier molecular flexibility index (Phi) is 4.81. The summed E-state index contributed by atoms with van der Waals surface area (Å²) in [6.07, 6.45) is -0.136. The van der Waals surface area contributed by atoms with Gasteiger partial charge in [0.25, 0.3) is 0 Å². The van der Waals surface area contributed by atoms with Crippen LogP contribution in [-0.4, -0.2) is 46.5 Å². The van der Waals surface area contributed by atoms with Gasteiger partial charge in [0.05, 0.1) is 18.4 Å². The van der Waals surface area contributed by atoms with Crippen LogP contribution in [0.3, 0.4) is 0 Å². The van der Waals surface area contributed by atoms with Crippen molar-refractivity contribution in [3.05, 3.63) is 52.5 Å². The van der Waals surface area contributed by atoms with E-state index < -0.39 is 47.1 Å². The van der Waals surface area contributed by atoms with Gasteiger partial charge in [0.15, 0.2) is 11.5 Å². The van der Waals surface area contributed by atoms with Crippen LogP contribution in [0, 0.1) is 11.8 Å². The highest BCUT2D eigenvalue weighted by Crippen LogP contribution is 2.54. The number of nitrogens with zero attached hydrogens (tertiary/aromatic N) is 1. The number of anilines is 1. The molecule has 2 aromatic rings. The number of fused-ring (bicyclic) bond motifs is 5. The first kappa shape index (κ1) is 21.9. The molecule has 2 saturated heterocycles. The van der Waals surface area contributed by atoms with Crippen LogP contribution in [0.2, 0.25) is 5.02 Å². The van der Waals surface area contributed by atoms with E-state index in [4.69, 9.17) is 21.1 Å². The van der Waals surface area contributed by atoms with Gasteiger partial charge in [0.2, 0.25) is 24.5 Å². The summed E-state index contributed by atoms with van der Waals surface area (Å²) in [4.78, 5) is 53.3. The maximum Gasteiger partial charge on any atom is 0.303 e. The summed E-state index contributed by atoms with van der Waals surface area (Å²) in [7, 11) is 0. The Morgan fingerprint density at radius 1 is 1.11 bits per heavy atom. The number of benzene rings is 2. The Hall–Kier alpha value is -3.63. The number of hydrogen-bond donors (Lipinski definition) is 3. The Morgan fingerprint density at radius 2 is 1.91 bits per heavy atom. The third-order valence-corrected chi connectivity index (χ3v) is 7.45. The van der Waals surface area contributed by atoms with Crippen LogP contribution in [0.25, 0.3) is 0 Å². The van der Waals surface area contributed by atoms with Crippen LogP contribution in [0.15, 0.2) is 36.4 Å². The molecule has 0 saturated carbocycles. The van der Waals surface area contributed by atoms with Gasteiger partial charge in [-0.25, -0.2) is 0 Å². The van der Waals surface area contributed by atoms with Crippen molar-refractivity contribution < 1.29 is 33.8 Å². The van der Waals surface area contributed by atoms with Crippen molar-refractivity contribution in [2.45, 2.75) is 31.0 Å². The van der Waals surface area contributed by atoms with E-state index in [1.807, 2.05) is 0 Å². The van der Waals surface area contributed by atoms with Crippen LogP contribution in [0.1, 0.15) is 24.0 Å². The number of likely N-dealkylation sites (tertiary alicyclic amines) is 1. The maximum absolute atomic E-state index is 13.8. The number of carbonyl (C=O) groups excluding carboxylic acids is 3. The summed E-state index contributed by atoms with van der Waals surface area (Å²) >= 11 is 6.23. The number of rotatable bonds is 5. The summed E-state index contributed by atoms with van der Waals surface area (Å²) in [6, 6.07) is 9.37. The minimum Gasteiger partial charge on any atom is -0.481 e. The quantitative estimate of drug-likeness (QED) is 0.533. The van der Waals surface area contributed by atoms with Gasteiger partial charge in [-0.1, -0.05) is 17.7 Å². The molecule has 11 heteroatoms. The zero-order valence-electron chi connectivity index (χ0n) is 18.2. The third kappa shape index (κ3) is 3.13. The normalized spacial score (nSPS) is 28.0. The number of aliphatic carboxylic acids is 1. The second-order valence-electron chi connectivity index (χ2n) is 9.09. The molecule has 10 nitrogen and oxygen atoms in total. The van der Waals surface area contributed by atoms with Gasteiger partial charge in [-0.15, -0.1) is 0 Å². The second kappa shape index (κ2) is 7.69. The van der Waals surface area contributed by atoms with Crippen molar-refractivity contribution in [2.75, 3.05) is 12.1 Å².